The summed E-state index contributed by atoms with van der Waals surface area (Å²) in [5, 5.41) is 11.3. The molecule has 8 heteroatoms. The van der Waals surface area contributed by atoms with E-state index in [1.54, 1.807) is 39.8 Å². The van der Waals surface area contributed by atoms with Crippen LogP contribution in [0.25, 0.3) is 0 Å². The molecule has 0 aliphatic carbocycles. The summed E-state index contributed by atoms with van der Waals surface area (Å²) in [6.07, 6.45) is -0.0550. The second-order valence-corrected chi connectivity index (χ2v) is 6.55. The molecule has 0 bridgehead atoms. The molecular formula is C18H22N2O6. The van der Waals surface area contributed by atoms with Gasteiger partial charge in [0.1, 0.15) is 11.8 Å². The number of imide groups is 1. The van der Waals surface area contributed by atoms with E-state index in [0.717, 1.165) is 4.90 Å². The van der Waals surface area contributed by atoms with E-state index in [1.165, 1.54) is 0 Å². The number of aryl methyl sites for hydroxylation is 2. The molecule has 3 amide bonds. The summed E-state index contributed by atoms with van der Waals surface area (Å²) in [6.45, 7) is 6.40. The van der Waals surface area contributed by atoms with Gasteiger partial charge in [-0.1, -0.05) is 0 Å². The van der Waals surface area contributed by atoms with Gasteiger partial charge >= 0.3 is 5.97 Å². The Kier molecular flexibility index (Phi) is 5.64. The number of hydrogen-bond acceptors (Lipinski definition) is 5. The first-order valence-electron chi connectivity index (χ1n) is 8.24. The van der Waals surface area contributed by atoms with Gasteiger partial charge in [-0.05, 0) is 51.0 Å². The lowest BCUT2D eigenvalue weighted by Gasteiger charge is -2.19. The highest BCUT2D eigenvalue weighted by molar-refractivity contribution is 6.08. The highest BCUT2D eigenvalue weighted by Crippen LogP contribution is 2.25. The first-order valence-corrected chi connectivity index (χ1v) is 8.24. The van der Waals surface area contributed by atoms with Crippen molar-refractivity contribution in [2.45, 2.75) is 46.2 Å². The number of ether oxygens (including phenoxy) is 1. The quantitative estimate of drug-likeness (QED) is 0.731. The zero-order valence-electron chi connectivity index (χ0n) is 15.2. The molecule has 1 aromatic carbocycles. The van der Waals surface area contributed by atoms with Crippen LogP contribution in [0.2, 0.25) is 0 Å². The Labute approximate surface area is 151 Å². The maximum atomic E-state index is 12.5. The number of likely N-dealkylation sites (tertiary alicyclic amines) is 1. The fourth-order valence-electron chi connectivity index (χ4n) is 2.99. The summed E-state index contributed by atoms with van der Waals surface area (Å²) in [5.74, 6) is -1.88. The molecule has 1 aliphatic heterocycles. The molecule has 1 atom stereocenters. The highest BCUT2D eigenvalue weighted by atomic mass is 16.5. The van der Waals surface area contributed by atoms with E-state index in [4.69, 9.17) is 9.84 Å². The number of carbonyl (C=O) groups is 4. The largest absolute Gasteiger partial charge is 0.481 e. The van der Waals surface area contributed by atoms with Gasteiger partial charge < -0.3 is 15.2 Å². The lowest BCUT2D eigenvalue weighted by atomic mass is 10.0. The summed E-state index contributed by atoms with van der Waals surface area (Å²) in [5.41, 5.74) is 1.52. The van der Waals surface area contributed by atoms with Crippen LogP contribution in [0.15, 0.2) is 12.1 Å². The van der Waals surface area contributed by atoms with Crippen LogP contribution < -0.4 is 10.1 Å². The van der Waals surface area contributed by atoms with E-state index in [0.29, 0.717) is 22.4 Å². The predicted octanol–water partition coefficient (Wildman–Crippen LogP) is 1.03. The van der Waals surface area contributed by atoms with Crippen LogP contribution in [0, 0.1) is 13.8 Å². The molecule has 2 rings (SSSR count). The maximum Gasteiger partial charge on any atom is 0.341 e. The lowest BCUT2D eigenvalue weighted by molar-refractivity contribution is -0.141. The molecule has 8 nitrogen and oxygen atoms in total. The molecule has 1 aromatic rings. The van der Waals surface area contributed by atoms with Crippen molar-refractivity contribution in [2.75, 3.05) is 6.61 Å². The average molecular weight is 362 g/mol. The molecule has 0 aromatic heterocycles. The minimum atomic E-state index is -1.09. The normalized spacial score (nSPS) is 17.0. The molecule has 140 valence electrons. The summed E-state index contributed by atoms with van der Waals surface area (Å²) in [4.78, 5) is 48.5. The second kappa shape index (κ2) is 7.55. The molecule has 2 N–H and O–H groups in total. The number of benzene rings is 1. The van der Waals surface area contributed by atoms with Crippen LogP contribution in [0.4, 0.5) is 0 Å². The number of hydrogen-bond donors (Lipinski definition) is 2. The van der Waals surface area contributed by atoms with E-state index in [2.05, 4.69) is 5.32 Å². The number of carboxylic acids is 1. The summed E-state index contributed by atoms with van der Waals surface area (Å²) in [7, 11) is 0. The van der Waals surface area contributed by atoms with Gasteiger partial charge in [-0.3, -0.25) is 19.3 Å². The van der Waals surface area contributed by atoms with Crippen molar-refractivity contribution >= 4 is 23.7 Å². The Morgan fingerprint density at radius 3 is 2.31 bits per heavy atom. The van der Waals surface area contributed by atoms with Crippen molar-refractivity contribution in [1.29, 1.82) is 0 Å². The Balaban J connectivity index is 2.14. The average Bonchev–Trinajstić information content (AvgIpc) is 2.79. The van der Waals surface area contributed by atoms with Crippen molar-refractivity contribution in [3.05, 3.63) is 28.8 Å². The van der Waals surface area contributed by atoms with Gasteiger partial charge in [0, 0.05) is 11.6 Å². The minimum Gasteiger partial charge on any atom is -0.481 e. The smallest absolute Gasteiger partial charge is 0.341 e. The van der Waals surface area contributed by atoms with Crippen LogP contribution in [0.3, 0.4) is 0 Å². The van der Waals surface area contributed by atoms with E-state index in [-0.39, 0.29) is 18.4 Å². The van der Waals surface area contributed by atoms with Crippen molar-refractivity contribution < 1.29 is 29.0 Å². The third-order valence-electron chi connectivity index (χ3n) is 4.07. The monoisotopic (exact) mass is 362 g/mol. The van der Waals surface area contributed by atoms with Crippen molar-refractivity contribution in [1.82, 2.24) is 10.2 Å². The zero-order valence-corrected chi connectivity index (χ0v) is 15.2. The molecule has 0 saturated carbocycles. The van der Waals surface area contributed by atoms with Crippen molar-refractivity contribution in [2.24, 2.45) is 0 Å². The number of nitrogens with one attached hydrogen (secondary N) is 1. The Bertz CT molecular complexity index is 748. The number of carboxylic acid groups (broad SMARTS) is 1. The fraction of sp³-hybridized carbons (Fsp3) is 0.444. The van der Waals surface area contributed by atoms with Gasteiger partial charge in [-0.25, -0.2) is 4.79 Å². The molecule has 1 saturated heterocycles. The topological polar surface area (TPSA) is 113 Å². The van der Waals surface area contributed by atoms with Crippen LogP contribution >= 0.6 is 0 Å². The summed E-state index contributed by atoms with van der Waals surface area (Å²) < 4.78 is 5.23. The Hall–Kier alpha value is -2.90. The van der Waals surface area contributed by atoms with E-state index in [1.807, 2.05) is 0 Å². The Morgan fingerprint density at radius 1 is 1.27 bits per heavy atom. The van der Waals surface area contributed by atoms with Gasteiger partial charge in [0.2, 0.25) is 5.91 Å². The number of amides is 3. The Morgan fingerprint density at radius 2 is 1.85 bits per heavy atom. The second-order valence-electron chi connectivity index (χ2n) is 6.55. The highest BCUT2D eigenvalue weighted by Gasteiger charge is 2.40. The van der Waals surface area contributed by atoms with Gasteiger partial charge in [-0.15, -0.1) is 0 Å². The number of rotatable bonds is 6. The van der Waals surface area contributed by atoms with Crippen LogP contribution in [0.5, 0.6) is 5.75 Å². The predicted molar refractivity (Wildman–Crippen MR) is 91.9 cm³/mol. The molecule has 1 fully saturated rings. The van der Waals surface area contributed by atoms with Crippen LogP contribution in [0.1, 0.15) is 41.8 Å². The first kappa shape index (κ1) is 19.4. The number of aliphatic carboxylic acids is 1. The third-order valence-corrected chi connectivity index (χ3v) is 4.07. The van der Waals surface area contributed by atoms with Crippen LogP contribution in [-0.2, 0) is 14.4 Å². The van der Waals surface area contributed by atoms with Gasteiger partial charge in [-0.2, -0.15) is 0 Å². The molecule has 1 heterocycles. The molecule has 26 heavy (non-hydrogen) atoms. The first-order chi connectivity index (χ1) is 12.1. The molecular weight excluding hydrogens is 340 g/mol. The number of nitrogens with zero attached hydrogens (tertiary/aromatic N) is 1. The lowest BCUT2D eigenvalue weighted by Crippen LogP contribution is -2.43. The van der Waals surface area contributed by atoms with Crippen molar-refractivity contribution in [3.8, 4) is 5.75 Å². The van der Waals surface area contributed by atoms with Gasteiger partial charge in [0.25, 0.3) is 11.8 Å². The summed E-state index contributed by atoms with van der Waals surface area (Å²) in [6, 6.07) is 1.98. The standard InChI is InChI=1S/C18H22N2O6/c1-9(2)20-14(21)7-13(18(20)25)19-17(24)12-5-10(3)16(11(4)6-12)26-8-15(22)23/h5-6,9,13H,7-8H2,1-4H3,(H,19,24)(H,22,23). The van der Waals surface area contributed by atoms with Crippen LogP contribution in [-0.4, -0.2) is 52.4 Å². The van der Waals surface area contributed by atoms with Crippen molar-refractivity contribution in [3.63, 3.8) is 0 Å². The SMILES string of the molecule is Cc1cc(C(=O)NC2CC(=O)N(C(C)C)C2=O)cc(C)c1OCC(=O)O. The number of carbonyl (C=O) groups excluding carboxylic acids is 3. The van der Waals surface area contributed by atoms with Gasteiger partial charge in [0.05, 0.1) is 6.42 Å². The third kappa shape index (κ3) is 4.01. The van der Waals surface area contributed by atoms with E-state index in [9.17, 15) is 19.2 Å². The molecule has 1 aliphatic rings. The molecule has 1 unspecified atom stereocenters. The maximum absolute atomic E-state index is 12.5. The van der Waals surface area contributed by atoms with E-state index >= 15 is 0 Å². The molecule has 0 radical (unpaired) electrons. The zero-order chi connectivity index (χ0) is 19.6. The summed E-state index contributed by atoms with van der Waals surface area (Å²) >= 11 is 0. The molecule has 0 spiro atoms. The fourth-order valence-corrected chi connectivity index (χ4v) is 2.99. The minimum absolute atomic E-state index is 0.0550. The van der Waals surface area contributed by atoms with E-state index < -0.39 is 30.4 Å². The van der Waals surface area contributed by atoms with Gasteiger partial charge in [0.15, 0.2) is 6.61 Å².